The second-order valence-corrected chi connectivity index (χ2v) is 11.3. The van der Waals surface area contributed by atoms with Crippen LogP contribution in [-0.4, -0.2) is 73.1 Å². The third-order valence-corrected chi connectivity index (χ3v) is 7.74. The van der Waals surface area contributed by atoms with Gasteiger partial charge in [-0.25, -0.2) is 0 Å². The Bertz CT molecular complexity index is 971. The average Bonchev–Trinajstić information content (AvgIpc) is 3.67. The zero-order valence-electron chi connectivity index (χ0n) is 24.8. The molecule has 0 bridgehead atoms. The first-order valence-corrected chi connectivity index (χ1v) is 14.6. The highest BCUT2D eigenvalue weighted by atomic mass is 16.7. The van der Waals surface area contributed by atoms with Gasteiger partial charge in [-0.3, -0.25) is 14.4 Å². The minimum atomic E-state index is -0.607. The highest BCUT2D eigenvalue weighted by Crippen LogP contribution is 2.45. The molecule has 0 aromatic rings. The first-order valence-electron chi connectivity index (χ1n) is 14.6. The molecule has 2 N–H and O–H groups in total. The summed E-state index contributed by atoms with van der Waals surface area (Å²) in [7, 11) is 0. The summed E-state index contributed by atoms with van der Waals surface area (Å²) in [5.41, 5.74) is 0.420. The van der Waals surface area contributed by atoms with Crippen LogP contribution in [0.1, 0.15) is 73.6 Å². The van der Waals surface area contributed by atoms with Crippen molar-refractivity contribution < 1.29 is 33.3 Å². The molecule has 0 saturated carbocycles. The summed E-state index contributed by atoms with van der Waals surface area (Å²) in [5, 5.41) is 5.95. The number of ether oxygens (including phenoxy) is 4. The molecule has 9 heteroatoms. The summed E-state index contributed by atoms with van der Waals surface area (Å²) in [6.45, 7) is 12.5. The molecule has 3 saturated heterocycles. The Morgan fingerprint density at radius 3 is 2.52 bits per heavy atom. The van der Waals surface area contributed by atoms with Crippen LogP contribution >= 0.6 is 0 Å². The summed E-state index contributed by atoms with van der Waals surface area (Å²) in [4.78, 5) is 36.3. The van der Waals surface area contributed by atoms with Crippen molar-refractivity contribution in [3.8, 4) is 0 Å². The Balaban J connectivity index is 1.61. The van der Waals surface area contributed by atoms with E-state index in [9.17, 15) is 14.4 Å². The minimum Gasteiger partial charge on any atom is -0.456 e. The summed E-state index contributed by atoms with van der Waals surface area (Å²) >= 11 is 0. The number of allylic oxidation sites excluding steroid dienone is 3. The largest absolute Gasteiger partial charge is 0.456 e. The fourth-order valence-electron chi connectivity index (χ4n) is 5.42. The SMILES string of the molecule is C[CH]/C=C\C(=O)N[C@@H]1C[C@H](C)[C@H](C/C=C(C)/C=C/[C@H]2O[C@H](CC(=O)NCCC)C[C@@]3(CO3)[C@@H]2OC(C)=O)O[C@@H]1C. The van der Waals surface area contributed by atoms with E-state index < -0.39 is 17.8 Å². The molecule has 3 heterocycles. The van der Waals surface area contributed by atoms with Crippen LogP contribution < -0.4 is 10.6 Å². The van der Waals surface area contributed by atoms with Crippen molar-refractivity contribution in [1.29, 1.82) is 0 Å². The van der Waals surface area contributed by atoms with Crippen molar-refractivity contribution in [2.24, 2.45) is 5.92 Å². The lowest BCUT2D eigenvalue weighted by molar-refractivity contribution is -0.179. The molecule has 0 unspecified atom stereocenters. The van der Waals surface area contributed by atoms with Gasteiger partial charge < -0.3 is 29.6 Å². The smallest absolute Gasteiger partial charge is 0.303 e. The van der Waals surface area contributed by atoms with Gasteiger partial charge in [0.25, 0.3) is 0 Å². The zero-order valence-corrected chi connectivity index (χ0v) is 24.8. The molecule has 1 radical (unpaired) electrons. The number of hydrogen-bond donors (Lipinski definition) is 2. The third kappa shape index (κ3) is 9.28. The molecule has 40 heavy (non-hydrogen) atoms. The van der Waals surface area contributed by atoms with E-state index >= 15 is 0 Å². The minimum absolute atomic E-state index is 0.0270. The normalized spacial score (nSPS) is 34.2. The van der Waals surface area contributed by atoms with Crippen LogP contribution in [0.25, 0.3) is 0 Å². The molecule has 1 spiro atoms. The van der Waals surface area contributed by atoms with Crippen molar-refractivity contribution in [2.45, 2.75) is 116 Å². The van der Waals surface area contributed by atoms with E-state index in [0.29, 0.717) is 19.6 Å². The van der Waals surface area contributed by atoms with Gasteiger partial charge in [0.1, 0.15) is 11.7 Å². The molecule has 3 fully saturated rings. The standard InChI is InChI=1S/C31H47N2O7/c1-7-9-10-28(35)33-25-16-21(4)26(38-22(25)5)13-11-20(3)12-14-27-30(39-23(6)34)31(19-37-31)18-24(40-27)17-29(36)32-15-8-2/h7,9-12,14,21-22,24-27,30H,8,13,15-19H2,1-6H3,(H,32,36)(H,33,35)/b10-9-,14-12+,20-11+/t21-,22+,24+,25+,26-,27+,30+,31+/m0/s1. The van der Waals surface area contributed by atoms with Gasteiger partial charge in [0.2, 0.25) is 11.8 Å². The van der Waals surface area contributed by atoms with E-state index in [1.807, 2.05) is 46.3 Å². The number of esters is 1. The molecule has 0 aromatic carbocycles. The number of epoxide rings is 1. The van der Waals surface area contributed by atoms with Crippen LogP contribution in [0.15, 0.2) is 36.0 Å². The van der Waals surface area contributed by atoms with Gasteiger partial charge in [-0.15, -0.1) is 0 Å². The summed E-state index contributed by atoms with van der Waals surface area (Å²) in [6.07, 6.45) is 12.8. The maximum atomic E-state index is 12.4. The predicted octanol–water partition coefficient (Wildman–Crippen LogP) is 3.73. The Hall–Kier alpha value is -2.49. The highest BCUT2D eigenvalue weighted by molar-refractivity contribution is 5.87. The van der Waals surface area contributed by atoms with Gasteiger partial charge in [-0.2, -0.15) is 0 Å². The third-order valence-electron chi connectivity index (χ3n) is 7.74. The molecule has 9 nitrogen and oxygen atoms in total. The van der Waals surface area contributed by atoms with E-state index in [2.05, 4.69) is 23.6 Å². The number of carbonyl (C=O) groups is 3. The maximum absolute atomic E-state index is 12.4. The van der Waals surface area contributed by atoms with Crippen LogP contribution in [-0.2, 0) is 33.3 Å². The fourth-order valence-corrected chi connectivity index (χ4v) is 5.42. The topological polar surface area (TPSA) is 115 Å². The van der Waals surface area contributed by atoms with E-state index in [1.54, 1.807) is 6.08 Å². The van der Waals surface area contributed by atoms with Crippen LogP contribution in [0, 0.1) is 12.3 Å². The fraction of sp³-hybridized carbons (Fsp3) is 0.677. The lowest BCUT2D eigenvalue weighted by atomic mass is 9.87. The first kappa shape index (κ1) is 32.0. The van der Waals surface area contributed by atoms with Crippen LogP contribution in [0.3, 0.4) is 0 Å². The molecule has 8 atom stereocenters. The predicted molar refractivity (Wildman–Crippen MR) is 152 cm³/mol. The summed E-state index contributed by atoms with van der Waals surface area (Å²) in [5.74, 6) is -0.275. The molecule has 3 rings (SSSR count). The zero-order chi connectivity index (χ0) is 29.3. The molecule has 3 aliphatic rings. The molecule has 223 valence electrons. The molecule has 0 aliphatic carbocycles. The Kier molecular flexibility index (Phi) is 12.0. The van der Waals surface area contributed by atoms with Crippen LogP contribution in [0.2, 0.25) is 0 Å². The molecule has 0 aromatic heterocycles. The van der Waals surface area contributed by atoms with Crippen LogP contribution in [0.5, 0.6) is 0 Å². The summed E-state index contributed by atoms with van der Waals surface area (Å²) < 4.78 is 24.0. The highest BCUT2D eigenvalue weighted by Gasteiger charge is 2.60. The second-order valence-electron chi connectivity index (χ2n) is 11.3. The lowest BCUT2D eigenvalue weighted by Gasteiger charge is -2.39. The van der Waals surface area contributed by atoms with E-state index in [4.69, 9.17) is 18.9 Å². The van der Waals surface area contributed by atoms with Gasteiger partial charge >= 0.3 is 5.97 Å². The van der Waals surface area contributed by atoms with E-state index in [-0.39, 0.29) is 54.5 Å². The van der Waals surface area contributed by atoms with Crippen molar-refractivity contribution >= 4 is 17.8 Å². The monoisotopic (exact) mass is 559 g/mol. The maximum Gasteiger partial charge on any atom is 0.303 e. The van der Waals surface area contributed by atoms with Gasteiger partial charge in [0.15, 0.2) is 6.10 Å². The van der Waals surface area contributed by atoms with Gasteiger partial charge in [0.05, 0.1) is 37.4 Å². The number of rotatable bonds is 12. The Morgan fingerprint density at radius 2 is 1.88 bits per heavy atom. The van der Waals surface area contributed by atoms with Crippen molar-refractivity contribution in [3.05, 3.63) is 42.4 Å². The molecule has 3 aliphatic heterocycles. The van der Waals surface area contributed by atoms with Gasteiger partial charge in [0, 0.05) is 19.9 Å². The van der Waals surface area contributed by atoms with E-state index in [1.165, 1.54) is 13.0 Å². The number of hydrogen-bond acceptors (Lipinski definition) is 7. The van der Waals surface area contributed by atoms with Crippen molar-refractivity contribution in [2.75, 3.05) is 13.2 Å². The molecule has 2 amide bonds. The summed E-state index contributed by atoms with van der Waals surface area (Å²) in [6, 6.07) is -0.0270. The first-order chi connectivity index (χ1) is 19.1. The number of amides is 2. The molecular weight excluding hydrogens is 512 g/mol. The Labute approximate surface area is 239 Å². The second kappa shape index (κ2) is 14.9. The van der Waals surface area contributed by atoms with Crippen LogP contribution in [0.4, 0.5) is 0 Å². The van der Waals surface area contributed by atoms with Gasteiger partial charge in [-0.1, -0.05) is 50.6 Å². The van der Waals surface area contributed by atoms with Crippen molar-refractivity contribution in [1.82, 2.24) is 10.6 Å². The van der Waals surface area contributed by atoms with Gasteiger partial charge in [-0.05, 0) is 51.5 Å². The quantitative estimate of drug-likeness (QED) is 0.162. The molecular formula is C31H47N2O7. The lowest BCUT2D eigenvalue weighted by Crippen LogP contribution is -2.52. The van der Waals surface area contributed by atoms with E-state index in [0.717, 1.165) is 24.8 Å². The number of carbonyl (C=O) groups excluding carboxylic acids is 3. The van der Waals surface area contributed by atoms with Crippen molar-refractivity contribution in [3.63, 3.8) is 0 Å². The Morgan fingerprint density at radius 1 is 1.12 bits per heavy atom. The average molecular weight is 560 g/mol. The number of nitrogens with one attached hydrogen (secondary N) is 2.